The van der Waals surface area contributed by atoms with Crippen molar-refractivity contribution in [2.45, 2.75) is 32.0 Å². The second-order valence-electron chi connectivity index (χ2n) is 5.28. The zero-order valence-corrected chi connectivity index (χ0v) is 13.0. The number of aromatic nitrogens is 1. The molecule has 0 saturated heterocycles. The molecule has 1 fully saturated rings. The summed E-state index contributed by atoms with van der Waals surface area (Å²) in [4.78, 5) is 6.44. The first-order valence-electron chi connectivity index (χ1n) is 6.82. The van der Waals surface area contributed by atoms with Crippen molar-refractivity contribution in [3.8, 4) is 0 Å². The van der Waals surface area contributed by atoms with E-state index in [-0.39, 0.29) is 0 Å². The molecular formula is C15H18ClN3S. The number of nitrogens with zero attached hydrogens (tertiary/aromatic N) is 2. The standard InChI is InChI=1S/C15H18ClN3S/c1-19(8-13-9-20-10-18-13)15-5-2-11(6-14(15)16)7-17-12-3-4-12/h2,5-6,9-10,12,17H,3-4,7-8H2,1H3. The Morgan fingerprint density at radius 3 is 2.95 bits per heavy atom. The van der Waals surface area contributed by atoms with Crippen LogP contribution >= 0.6 is 22.9 Å². The molecule has 1 saturated carbocycles. The number of thiazole rings is 1. The fraction of sp³-hybridized carbons (Fsp3) is 0.400. The Morgan fingerprint density at radius 1 is 1.45 bits per heavy atom. The van der Waals surface area contributed by atoms with E-state index < -0.39 is 0 Å². The van der Waals surface area contributed by atoms with E-state index in [9.17, 15) is 0 Å². The van der Waals surface area contributed by atoms with Crippen molar-refractivity contribution in [3.63, 3.8) is 0 Å². The van der Waals surface area contributed by atoms with Gasteiger partial charge in [0.05, 0.1) is 28.5 Å². The van der Waals surface area contributed by atoms with Gasteiger partial charge in [-0.05, 0) is 30.5 Å². The molecule has 3 rings (SSSR count). The first kappa shape index (κ1) is 13.9. The molecule has 0 aliphatic heterocycles. The number of halogens is 1. The van der Waals surface area contributed by atoms with Crippen LogP contribution in [0.5, 0.6) is 0 Å². The molecule has 0 radical (unpaired) electrons. The highest BCUT2D eigenvalue weighted by atomic mass is 35.5. The lowest BCUT2D eigenvalue weighted by Crippen LogP contribution is -2.18. The fourth-order valence-electron chi connectivity index (χ4n) is 2.16. The number of hydrogen-bond acceptors (Lipinski definition) is 4. The third kappa shape index (κ3) is 3.51. The van der Waals surface area contributed by atoms with Crippen LogP contribution in [0.25, 0.3) is 0 Å². The Labute approximate surface area is 128 Å². The lowest BCUT2D eigenvalue weighted by atomic mass is 10.2. The van der Waals surface area contributed by atoms with E-state index in [2.05, 4.69) is 38.8 Å². The van der Waals surface area contributed by atoms with Gasteiger partial charge in [0, 0.05) is 25.0 Å². The molecule has 20 heavy (non-hydrogen) atoms. The van der Waals surface area contributed by atoms with Gasteiger partial charge in [-0.15, -0.1) is 11.3 Å². The second-order valence-corrected chi connectivity index (χ2v) is 6.40. The molecule has 0 bridgehead atoms. The molecular weight excluding hydrogens is 290 g/mol. The SMILES string of the molecule is CN(Cc1cscn1)c1ccc(CNC2CC2)cc1Cl. The Balaban J connectivity index is 1.66. The van der Waals surface area contributed by atoms with Gasteiger partial charge in [0.1, 0.15) is 0 Å². The topological polar surface area (TPSA) is 28.2 Å². The molecule has 1 aromatic heterocycles. The van der Waals surface area contributed by atoms with Crippen LogP contribution in [0.1, 0.15) is 24.1 Å². The molecule has 1 heterocycles. The Bertz CT molecular complexity index is 567. The average Bonchev–Trinajstić information content (AvgIpc) is 3.13. The maximum atomic E-state index is 6.41. The maximum Gasteiger partial charge on any atom is 0.0795 e. The van der Waals surface area contributed by atoms with E-state index in [4.69, 9.17) is 11.6 Å². The van der Waals surface area contributed by atoms with E-state index in [1.807, 2.05) is 12.6 Å². The minimum Gasteiger partial charge on any atom is -0.367 e. The van der Waals surface area contributed by atoms with Crippen LogP contribution < -0.4 is 10.2 Å². The number of benzene rings is 1. The van der Waals surface area contributed by atoms with Crippen molar-refractivity contribution in [2.75, 3.05) is 11.9 Å². The van der Waals surface area contributed by atoms with Crippen LogP contribution in [-0.2, 0) is 13.1 Å². The molecule has 3 nitrogen and oxygen atoms in total. The third-order valence-electron chi connectivity index (χ3n) is 3.48. The summed E-state index contributed by atoms with van der Waals surface area (Å²) in [7, 11) is 2.04. The lowest BCUT2D eigenvalue weighted by Gasteiger charge is -2.20. The van der Waals surface area contributed by atoms with Crippen LogP contribution in [0, 0.1) is 0 Å². The van der Waals surface area contributed by atoms with Crippen molar-refractivity contribution >= 4 is 28.6 Å². The second kappa shape index (κ2) is 6.12. The van der Waals surface area contributed by atoms with Gasteiger partial charge in [-0.25, -0.2) is 4.98 Å². The molecule has 5 heteroatoms. The molecule has 1 N–H and O–H groups in total. The highest BCUT2D eigenvalue weighted by Crippen LogP contribution is 2.28. The van der Waals surface area contributed by atoms with Crippen molar-refractivity contribution < 1.29 is 0 Å². The number of anilines is 1. The molecule has 0 unspecified atom stereocenters. The van der Waals surface area contributed by atoms with Gasteiger partial charge in [0.25, 0.3) is 0 Å². The van der Waals surface area contributed by atoms with E-state index >= 15 is 0 Å². The van der Waals surface area contributed by atoms with Crippen LogP contribution in [0.4, 0.5) is 5.69 Å². The van der Waals surface area contributed by atoms with Gasteiger partial charge < -0.3 is 10.2 Å². The van der Waals surface area contributed by atoms with Gasteiger partial charge in [-0.1, -0.05) is 17.7 Å². The lowest BCUT2D eigenvalue weighted by molar-refractivity contribution is 0.688. The van der Waals surface area contributed by atoms with Crippen LogP contribution in [0.2, 0.25) is 5.02 Å². The summed E-state index contributed by atoms with van der Waals surface area (Å²) >= 11 is 8.03. The van der Waals surface area contributed by atoms with Gasteiger partial charge >= 0.3 is 0 Å². The van der Waals surface area contributed by atoms with Gasteiger partial charge in [-0.3, -0.25) is 0 Å². The molecule has 0 spiro atoms. The highest BCUT2D eigenvalue weighted by molar-refractivity contribution is 7.07. The molecule has 1 aliphatic rings. The van der Waals surface area contributed by atoms with Crippen molar-refractivity contribution in [1.82, 2.24) is 10.3 Å². The first-order chi connectivity index (χ1) is 9.72. The average molecular weight is 308 g/mol. The summed E-state index contributed by atoms with van der Waals surface area (Å²) < 4.78 is 0. The van der Waals surface area contributed by atoms with E-state index in [0.717, 1.165) is 35.5 Å². The van der Waals surface area contributed by atoms with E-state index in [1.165, 1.54) is 18.4 Å². The summed E-state index contributed by atoms with van der Waals surface area (Å²) in [6.07, 6.45) is 2.62. The summed E-state index contributed by atoms with van der Waals surface area (Å²) in [6.45, 7) is 1.68. The smallest absolute Gasteiger partial charge is 0.0795 e. The molecule has 1 aromatic carbocycles. The first-order valence-corrected chi connectivity index (χ1v) is 8.14. The molecule has 1 aliphatic carbocycles. The van der Waals surface area contributed by atoms with Gasteiger partial charge in [0.15, 0.2) is 0 Å². The van der Waals surface area contributed by atoms with Crippen molar-refractivity contribution in [2.24, 2.45) is 0 Å². The summed E-state index contributed by atoms with van der Waals surface area (Å²) in [5.74, 6) is 0. The van der Waals surface area contributed by atoms with Gasteiger partial charge in [-0.2, -0.15) is 0 Å². The number of nitrogens with one attached hydrogen (secondary N) is 1. The van der Waals surface area contributed by atoms with Crippen LogP contribution in [0.15, 0.2) is 29.1 Å². The predicted octanol–water partition coefficient (Wildman–Crippen LogP) is 3.68. The predicted molar refractivity (Wildman–Crippen MR) is 85.5 cm³/mol. The molecule has 2 aromatic rings. The maximum absolute atomic E-state index is 6.41. The van der Waals surface area contributed by atoms with Gasteiger partial charge in [0.2, 0.25) is 0 Å². The Hall–Kier alpha value is -1.10. The molecule has 106 valence electrons. The summed E-state index contributed by atoms with van der Waals surface area (Å²) in [5.41, 5.74) is 5.23. The van der Waals surface area contributed by atoms with Crippen molar-refractivity contribution in [1.29, 1.82) is 0 Å². The van der Waals surface area contributed by atoms with Crippen molar-refractivity contribution in [3.05, 3.63) is 45.4 Å². The fourth-order valence-corrected chi connectivity index (χ4v) is 3.06. The monoisotopic (exact) mass is 307 g/mol. The van der Waals surface area contributed by atoms with E-state index in [1.54, 1.807) is 11.3 Å². The van der Waals surface area contributed by atoms with Crippen LogP contribution in [0.3, 0.4) is 0 Å². The van der Waals surface area contributed by atoms with Crippen LogP contribution in [-0.4, -0.2) is 18.1 Å². The summed E-state index contributed by atoms with van der Waals surface area (Å²) in [6, 6.07) is 7.03. The normalized spacial score (nSPS) is 14.5. The van der Waals surface area contributed by atoms with E-state index in [0.29, 0.717) is 0 Å². The number of hydrogen-bond donors (Lipinski definition) is 1. The Morgan fingerprint density at radius 2 is 2.30 bits per heavy atom. The Kier molecular flexibility index (Phi) is 4.24. The molecule has 0 atom stereocenters. The number of rotatable bonds is 6. The molecule has 0 amide bonds. The quantitative estimate of drug-likeness (QED) is 0.882. The third-order valence-corrected chi connectivity index (χ3v) is 4.42. The summed E-state index contributed by atoms with van der Waals surface area (Å²) in [5, 5.41) is 6.38. The minimum atomic E-state index is 0.723. The zero-order valence-electron chi connectivity index (χ0n) is 11.5. The minimum absolute atomic E-state index is 0.723. The largest absolute Gasteiger partial charge is 0.367 e. The highest BCUT2D eigenvalue weighted by Gasteiger charge is 2.20. The zero-order chi connectivity index (χ0) is 13.9.